The number of ether oxygens (including phenoxy) is 1. The quantitative estimate of drug-likeness (QED) is 0.878. The molecular weight excluding hydrogens is 236 g/mol. The van der Waals surface area contributed by atoms with Crippen molar-refractivity contribution >= 4 is 22.4 Å². The van der Waals surface area contributed by atoms with Crippen LogP contribution in [0.1, 0.15) is 6.92 Å². The number of hydrogen-bond acceptors (Lipinski definition) is 6. The highest BCUT2D eigenvalue weighted by Gasteiger charge is 2.33. The van der Waals surface area contributed by atoms with Crippen LogP contribution in [0.3, 0.4) is 0 Å². The van der Waals surface area contributed by atoms with Crippen LogP contribution in [0.4, 0.5) is 10.8 Å². The molecular formula is C11H20N4OS. The first kappa shape index (κ1) is 12.4. The smallest absolute Gasteiger partial charge is 0.197 e. The van der Waals surface area contributed by atoms with E-state index in [1.54, 1.807) is 7.11 Å². The van der Waals surface area contributed by atoms with Crippen molar-refractivity contribution in [3.63, 3.8) is 0 Å². The molecule has 1 fully saturated rings. The van der Waals surface area contributed by atoms with Crippen LogP contribution in [-0.2, 0) is 0 Å². The predicted octanol–water partition coefficient (Wildman–Crippen LogP) is 1.12. The topological polar surface area (TPSA) is 54.6 Å². The molecule has 6 heteroatoms. The number of anilines is 2. The summed E-state index contributed by atoms with van der Waals surface area (Å²) >= 11 is 1.42. The van der Waals surface area contributed by atoms with E-state index >= 15 is 0 Å². The van der Waals surface area contributed by atoms with Gasteiger partial charge in [-0.05, 0) is 31.5 Å². The van der Waals surface area contributed by atoms with Gasteiger partial charge in [-0.15, -0.1) is 0 Å². The van der Waals surface area contributed by atoms with Gasteiger partial charge in [0.05, 0.1) is 7.11 Å². The monoisotopic (exact) mass is 256 g/mol. The Balaban J connectivity index is 2.19. The normalized spacial score (nSPS) is 24.6. The van der Waals surface area contributed by atoms with Crippen LogP contribution >= 0.6 is 11.5 Å². The molecule has 2 unspecified atom stereocenters. The van der Waals surface area contributed by atoms with Gasteiger partial charge in [0.25, 0.3) is 0 Å². The van der Waals surface area contributed by atoms with Gasteiger partial charge in [0, 0.05) is 19.1 Å². The molecule has 0 bridgehead atoms. The maximum Gasteiger partial charge on any atom is 0.197 e. The Kier molecular flexibility index (Phi) is 3.44. The fraction of sp³-hybridized carbons (Fsp3) is 0.727. The molecule has 1 saturated heterocycles. The van der Waals surface area contributed by atoms with Crippen molar-refractivity contribution in [2.75, 3.05) is 44.9 Å². The highest BCUT2D eigenvalue weighted by molar-refractivity contribution is 7.11. The summed E-state index contributed by atoms with van der Waals surface area (Å²) in [6, 6.07) is 0.572. The molecule has 0 aliphatic carbocycles. The lowest BCUT2D eigenvalue weighted by Crippen LogP contribution is -2.34. The highest BCUT2D eigenvalue weighted by Crippen LogP contribution is 2.40. The fourth-order valence-electron chi connectivity index (χ4n) is 2.47. The Labute approximate surface area is 106 Å². The van der Waals surface area contributed by atoms with E-state index in [1.165, 1.54) is 11.5 Å². The zero-order valence-corrected chi connectivity index (χ0v) is 11.6. The van der Waals surface area contributed by atoms with Gasteiger partial charge in [-0.3, -0.25) is 0 Å². The van der Waals surface area contributed by atoms with Crippen LogP contribution in [0, 0.1) is 5.92 Å². The molecule has 0 saturated carbocycles. The highest BCUT2D eigenvalue weighted by atomic mass is 32.1. The van der Waals surface area contributed by atoms with Gasteiger partial charge in [0.1, 0.15) is 0 Å². The maximum absolute atomic E-state index is 5.79. The van der Waals surface area contributed by atoms with Crippen molar-refractivity contribution in [1.82, 2.24) is 9.27 Å². The summed E-state index contributed by atoms with van der Waals surface area (Å²) in [4.78, 5) is 4.60. The zero-order chi connectivity index (χ0) is 12.6. The Morgan fingerprint density at radius 3 is 2.71 bits per heavy atom. The minimum atomic E-state index is 0.494. The fourth-order valence-corrected chi connectivity index (χ4v) is 3.27. The number of nitrogens with zero attached hydrogens (tertiary/aromatic N) is 3. The molecule has 0 spiro atoms. The van der Waals surface area contributed by atoms with Crippen molar-refractivity contribution in [1.29, 1.82) is 0 Å². The van der Waals surface area contributed by atoms with Gasteiger partial charge in [-0.2, -0.15) is 4.37 Å². The summed E-state index contributed by atoms with van der Waals surface area (Å²) < 4.78 is 9.49. The number of rotatable bonds is 3. The third kappa shape index (κ3) is 2.19. The lowest BCUT2D eigenvalue weighted by molar-refractivity contribution is 0.266. The summed E-state index contributed by atoms with van der Waals surface area (Å²) in [6.07, 6.45) is 0. The lowest BCUT2D eigenvalue weighted by atomic mass is 10.1. The van der Waals surface area contributed by atoms with Crippen LogP contribution < -0.4 is 15.4 Å². The van der Waals surface area contributed by atoms with E-state index in [-0.39, 0.29) is 0 Å². The Morgan fingerprint density at radius 2 is 2.18 bits per heavy atom. The summed E-state index contributed by atoms with van der Waals surface area (Å²) in [7, 11) is 5.90. The first-order valence-corrected chi connectivity index (χ1v) is 6.52. The van der Waals surface area contributed by atoms with Gasteiger partial charge in [-0.1, -0.05) is 6.92 Å². The van der Waals surface area contributed by atoms with Crippen LogP contribution in [0.25, 0.3) is 0 Å². The number of aromatic nitrogens is 1. The lowest BCUT2D eigenvalue weighted by Gasteiger charge is -2.22. The van der Waals surface area contributed by atoms with Gasteiger partial charge < -0.3 is 20.3 Å². The van der Waals surface area contributed by atoms with Crippen molar-refractivity contribution in [3.8, 4) is 5.75 Å². The molecule has 2 N–H and O–H groups in total. The molecule has 0 radical (unpaired) electrons. The summed E-state index contributed by atoms with van der Waals surface area (Å²) in [5.74, 6) is 1.85. The van der Waals surface area contributed by atoms with E-state index in [0.29, 0.717) is 17.8 Å². The summed E-state index contributed by atoms with van der Waals surface area (Å²) in [6.45, 7) is 4.31. The van der Waals surface area contributed by atoms with Crippen LogP contribution in [-0.4, -0.2) is 49.6 Å². The maximum atomic E-state index is 5.79. The number of likely N-dealkylation sites (N-methyl/N-ethyl adjacent to an activating group) is 1. The van der Waals surface area contributed by atoms with Gasteiger partial charge in [-0.25, -0.2) is 0 Å². The molecule has 1 aliphatic rings. The summed E-state index contributed by atoms with van der Waals surface area (Å²) in [5, 5.41) is 1.06. The SMILES string of the molecule is COc1c(N)nsc1N1CC(C)C(N(C)C)C1. The largest absolute Gasteiger partial charge is 0.490 e. The molecule has 0 amide bonds. The standard InChI is InChI=1S/C11H20N4OS/c1-7-5-15(6-8(7)14(2)3)11-9(16-4)10(12)13-17-11/h7-8H,5-6H2,1-4H3,(H2,12,13). The molecule has 96 valence electrons. The molecule has 1 aliphatic heterocycles. The van der Waals surface area contributed by atoms with Crippen molar-refractivity contribution in [2.45, 2.75) is 13.0 Å². The van der Waals surface area contributed by atoms with Gasteiger partial charge in [0.15, 0.2) is 16.6 Å². The molecule has 2 heterocycles. The molecule has 2 rings (SSSR count). The number of nitrogens with two attached hydrogens (primary N) is 1. The van der Waals surface area contributed by atoms with Crippen LogP contribution in [0.5, 0.6) is 5.75 Å². The number of methoxy groups -OCH3 is 1. The molecule has 17 heavy (non-hydrogen) atoms. The van der Waals surface area contributed by atoms with E-state index < -0.39 is 0 Å². The van der Waals surface area contributed by atoms with Crippen molar-refractivity contribution < 1.29 is 4.74 Å². The van der Waals surface area contributed by atoms with E-state index in [4.69, 9.17) is 10.5 Å². The second-order valence-corrected chi connectivity index (χ2v) is 5.57. The van der Waals surface area contributed by atoms with Gasteiger partial charge >= 0.3 is 0 Å². The predicted molar refractivity (Wildman–Crippen MR) is 71.9 cm³/mol. The molecule has 1 aromatic heterocycles. The van der Waals surface area contributed by atoms with Crippen LogP contribution in [0.15, 0.2) is 0 Å². The van der Waals surface area contributed by atoms with Crippen molar-refractivity contribution in [3.05, 3.63) is 0 Å². The zero-order valence-electron chi connectivity index (χ0n) is 10.8. The first-order valence-electron chi connectivity index (χ1n) is 5.75. The molecule has 1 aromatic rings. The second kappa shape index (κ2) is 4.70. The Morgan fingerprint density at radius 1 is 1.47 bits per heavy atom. The minimum Gasteiger partial charge on any atom is -0.490 e. The number of hydrogen-bond donors (Lipinski definition) is 1. The van der Waals surface area contributed by atoms with E-state index in [9.17, 15) is 0 Å². The average molecular weight is 256 g/mol. The Hall–Kier alpha value is -1.01. The minimum absolute atomic E-state index is 0.494. The van der Waals surface area contributed by atoms with E-state index in [1.807, 2.05) is 0 Å². The van der Waals surface area contributed by atoms with Gasteiger partial charge in [0.2, 0.25) is 0 Å². The third-order valence-corrected chi connectivity index (χ3v) is 4.29. The number of nitrogen functional groups attached to an aromatic ring is 1. The summed E-state index contributed by atoms with van der Waals surface area (Å²) in [5.41, 5.74) is 5.79. The first-order chi connectivity index (χ1) is 8.04. The van der Waals surface area contributed by atoms with Crippen molar-refractivity contribution in [2.24, 2.45) is 5.92 Å². The average Bonchev–Trinajstić information content (AvgIpc) is 2.81. The Bertz CT molecular complexity index is 393. The third-order valence-electron chi connectivity index (χ3n) is 3.38. The molecule has 5 nitrogen and oxygen atoms in total. The second-order valence-electron chi connectivity index (χ2n) is 4.82. The molecule has 0 aromatic carbocycles. The van der Waals surface area contributed by atoms with E-state index in [0.717, 1.165) is 23.8 Å². The molecule has 2 atom stereocenters. The van der Waals surface area contributed by atoms with E-state index in [2.05, 4.69) is 35.2 Å². The van der Waals surface area contributed by atoms with Crippen LogP contribution in [0.2, 0.25) is 0 Å².